The maximum absolute atomic E-state index is 11.1. The minimum atomic E-state index is -1.41. The van der Waals surface area contributed by atoms with Crippen molar-refractivity contribution in [1.82, 2.24) is 15.0 Å². The second-order valence-electron chi connectivity index (χ2n) is 7.83. The number of rotatable bonds is 6. The Morgan fingerprint density at radius 3 is 2.88 bits per heavy atom. The number of amidine groups is 1. The first-order valence-corrected chi connectivity index (χ1v) is 10.9. The molecule has 0 unspecified atom stereocenters. The molecule has 170 valence electrons. The molecule has 1 aliphatic carbocycles. The van der Waals surface area contributed by atoms with Crippen LogP contribution in [0, 0.1) is 0 Å². The average Bonchev–Trinajstić information content (AvgIpc) is 2.73. The zero-order valence-electron chi connectivity index (χ0n) is 17.8. The summed E-state index contributed by atoms with van der Waals surface area (Å²) in [6.45, 7) is 4.54. The molecule has 5 N–H and O–H groups in total. The molecule has 2 aliphatic rings. The average molecular weight is 460 g/mol. The number of aliphatic imine (C=N–C) groups is 1. The number of amides is 1. The van der Waals surface area contributed by atoms with Gasteiger partial charge in [0.2, 0.25) is 0 Å². The van der Waals surface area contributed by atoms with Crippen LogP contribution in [0.15, 0.2) is 29.3 Å². The number of hydrogen-bond donors (Lipinski definition) is 4. The van der Waals surface area contributed by atoms with E-state index in [0.717, 1.165) is 24.8 Å². The van der Waals surface area contributed by atoms with E-state index < -0.39 is 6.09 Å². The van der Waals surface area contributed by atoms with Crippen molar-refractivity contribution in [3.8, 4) is 11.3 Å². The summed E-state index contributed by atoms with van der Waals surface area (Å²) in [7, 11) is 0. The van der Waals surface area contributed by atoms with Crippen molar-refractivity contribution in [3.63, 3.8) is 0 Å². The third-order valence-corrected chi connectivity index (χ3v) is 5.97. The molecule has 0 atom stereocenters. The van der Waals surface area contributed by atoms with Crippen LogP contribution in [0.1, 0.15) is 32.0 Å². The summed E-state index contributed by atoms with van der Waals surface area (Å²) in [4.78, 5) is 23.6. The first-order chi connectivity index (χ1) is 15.4. The molecule has 0 radical (unpaired) electrons. The van der Waals surface area contributed by atoms with E-state index in [1.165, 1.54) is 0 Å². The van der Waals surface area contributed by atoms with Crippen LogP contribution in [0.25, 0.3) is 11.3 Å². The minimum Gasteiger partial charge on any atom is -0.463 e. The molecule has 1 saturated carbocycles. The van der Waals surface area contributed by atoms with Crippen molar-refractivity contribution in [3.05, 3.63) is 35.1 Å². The Morgan fingerprint density at radius 2 is 2.22 bits per heavy atom. The SMILES string of the molecule is CCNc1c(NN2CCOCC23CCC3)nc(/C(N)=N/C(=O)O)nc1-c1cccc(Cl)c1. The van der Waals surface area contributed by atoms with E-state index in [9.17, 15) is 4.79 Å². The van der Waals surface area contributed by atoms with Gasteiger partial charge in [-0.15, -0.1) is 0 Å². The molecule has 1 aliphatic heterocycles. The summed E-state index contributed by atoms with van der Waals surface area (Å²) in [6.07, 6.45) is 1.78. The molecule has 1 spiro atoms. The Hall–Kier alpha value is -2.95. The number of ether oxygens (including phenoxy) is 1. The van der Waals surface area contributed by atoms with Crippen LogP contribution >= 0.6 is 11.6 Å². The molecule has 2 fully saturated rings. The van der Waals surface area contributed by atoms with Gasteiger partial charge in [0.25, 0.3) is 0 Å². The van der Waals surface area contributed by atoms with Gasteiger partial charge in [0.1, 0.15) is 5.69 Å². The number of morpholine rings is 1. The van der Waals surface area contributed by atoms with Crippen LogP contribution in [0.3, 0.4) is 0 Å². The highest BCUT2D eigenvalue weighted by molar-refractivity contribution is 6.30. The maximum Gasteiger partial charge on any atom is 0.433 e. The van der Waals surface area contributed by atoms with Gasteiger partial charge in [0.15, 0.2) is 17.5 Å². The molecule has 2 aromatic rings. The zero-order valence-corrected chi connectivity index (χ0v) is 18.5. The number of carbonyl (C=O) groups is 1. The molecule has 11 heteroatoms. The monoisotopic (exact) mass is 459 g/mol. The van der Waals surface area contributed by atoms with Crippen LogP contribution < -0.4 is 16.5 Å². The Balaban J connectivity index is 1.84. The van der Waals surface area contributed by atoms with Crippen LogP contribution in [0.2, 0.25) is 5.02 Å². The van der Waals surface area contributed by atoms with Crippen molar-refractivity contribution in [1.29, 1.82) is 0 Å². The Kier molecular flexibility index (Phi) is 6.45. The molecular weight excluding hydrogens is 434 g/mol. The number of aromatic nitrogens is 2. The second kappa shape index (κ2) is 9.27. The highest BCUT2D eigenvalue weighted by atomic mass is 35.5. The van der Waals surface area contributed by atoms with Gasteiger partial charge in [-0.2, -0.15) is 4.99 Å². The van der Waals surface area contributed by atoms with E-state index in [1.807, 2.05) is 19.1 Å². The van der Waals surface area contributed by atoms with E-state index in [0.29, 0.717) is 48.5 Å². The summed E-state index contributed by atoms with van der Waals surface area (Å²) in [5, 5.41) is 15.1. The van der Waals surface area contributed by atoms with E-state index >= 15 is 0 Å². The predicted octanol–water partition coefficient (Wildman–Crippen LogP) is 3.19. The Morgan fingerprint density at radius 1 is 1.41 bits per heavy atom. The van der Waals surface area contributed by atoms with Crippen LogP contribution in [-0.2, 0) is 4.74 Å². The van der Waals surface area contributed by atoms with Crippen LogP contribution in [0.5, 0.6) is 0 Å². The third-order valence-electron chi connectivity index (χ3n) is 5.73. The van der Waals surface area contributed by atoms with Gasteiger partial charge < -0.3 is 26.3 Å². The van der Waals surface area contributed by atoms with E-state index in [1.54, 1.807) is 12.1 Å². The number of nitrogens with zero attached hydrogens (tertiary/aromatic N) is 4. The normalized spacial score (nSPS) is 18.2. The maximum atomic E-state index is 11.1. The van der Waals surface area contributed by atoms with Gasteiger partial charge in [-0.05, 0) is 38.3 Å². The lowest BCUT2D eigenvalue weighted by molar-refractivity contribution is -0.0946. The first kappa shape index (κ1) is 22.3. The quantitative estimate of drug-likeness (QED) is 0.379. The molecule has 1 aromatic heterocycles. The Labute approximate surface area is 190 Å². The van der Waals surface area contributed by atoms with Crippen LogP contribution in [-0.4, -0.2) is 63.9 Å². The highest BCUT2D eigenvalue weighted by Gasteiger charge is 2.45. The predicted molar refractivity (Wildman–Crippen MR) is 123 cm³/mol. The van der Waals surface area contributed by atoms with Crippen molar-refractivity contribution >= 4 is 35.0 Å². The molecule has 4 rings (SSSR count). The van der Waals surface area contributed by atoms with Crippen LogP contribution in [0.4, 0.5) is 16.3 Å². The molecule has 1 aromatic carbocycles. The van der Waals surface area contributed by atoms with Gasteiger partial charge >= 0.3 is 6.09 Å². The number of carboxylic acid groups (broad SMARTS) is 1. The number of anilines is 2. The molecular formula is C21H26ClN7O3. The number of hydrogen-bond acceptors (Lipinski definition) is 7. The van der Waals surface area contributed by atoms with Gasteiger partial charge in [-0.1, -0.05) is 23.7 Å². The van der Waals surface area contributed by atoms with E-state index in [4.69, 9.17) is 27.2 Å². The summed E-state index contributed by atoms with van der Waals surface area (Å²) < 4.78 is 5.74. The van der Waals surface area contributed by atoms with Gasteiger partial charge in [0.05, 0.1) is 24.4 Å². The molecule has 0 bridgehead atoms. The number of hydrazine groups is 1. The van der Waals surface area contributed by atoms with Gasteiger partial charge in [0, 0.05) is 23.7 Å². The largest absolute Gasteiger partial charge is 0.463 e. The summed E-state index contributed by atoms with van der Waals surface area (Å²) in [6, 6.07) is 7.25. The van der Waals surface area contributed by atoms with Crippen molar-refractivity contribution < 1.29 is 14.6 Å². The highest BCUT2D eigenvalue weighted by Crippen LogP contribution is 2.41. The van der Waals surface area contributed by atoms with Gasteiger partial charge in [-0.25, -0.2) is 19.8 Å². The number of halogens is 1. The van der Waals surface area contributed by atoms with E-state index in [-0.39, 0.29) is 17.2 Å². The fourth-order valence-corrected chi connectivity index (χ4v) is 4.22. The van der Waals surface area contributed by atoms with Gasteiger partial charge in [-0.3, -0.25) is 0 Å². The van der Waals surface area contributed by atoms with Crippen molar-refractivity contribution in [2.24, 2.45) is 10.7 Å². The van der Waals surface area contributed by atoms with Crippen molar-refractivity contribution in [2.45, 2.75) is 31.7 Å². The molecule has 2 heterocycles. The lowest BCUT2D eigenvalue weighted by atomic mass is 9.76. The summed E-state index contributed by atoms with van der Waals surface area (Å²) in [5.74, 6) is 0.221. The molecule has 10 nitrogen and oxygen atoms in total. The fourth-order valence-electron chi connectivity index (χ4n) is 4.03. The third kappa shape index (κ3) is 4.47. The topological polar surface area (TPSA) is 138 Å². The number of nitrogens with one attached hydrogen (secondary N) is 2. The van der Waals surface area contributed by atoms with Crippen molar-refractivity contribution in [2.75, 3.05) is 37.0 Å². The van der Waals surface area contributed by atoms with E-state index in [2.05, 4.69) is 30.7 Å². The summed E-state index contributed by atoms with van der Waals surface area (Å²) >= 11 is 6.23. The zero-order chi connectivity index (χ0) is 22.7. The Bertz CT molecular complexity index is 1040. The lowest BCUT2D eigenvalue weighted by Gasteiger charge is -2.52. The second-order valence-corrected chi connectivity index (χ2v) is 8.27. The molecule has 1 saturated heterocycles. The lowest BCUT2D eigenvalue weighted by Crippen LogP contribution is -2.62. The fraction of sp³-hybridized carbons (Fsp3) is 0.429. The standard InChI is InChI=1S/C21H26ClN7O3/c1-2-24-16-15(13-5-3-6-14(22)11-13)25-19(17(23)26-20(30)31)27-18(16)28-29-9-10-32-12-21(29)7-4-8-21/h3,5-6,11,24H,2,4,7-10,12H2,1H3,(H2,23,26)(H,30,31)(H,25,27,28). The summed E-state index contributed by atoms with van der Waals surface area (Å²) in [5.41, 5.74) is 11.2. The number of benzene rings is 1. The molecule has 1 amide bonds. The number of nitrogens with two attached hydrogens (primary N) is 1. The first-order valence-electron chi connectivity index (χ1n) is 10.5. The smallest absolute Gasteiger partial charge is 0.433 e. The molecule has 32 heavy (non-hydrogen) atoms. The minimum absolute atomic E-state index is 0.0162.